The highest BCUT2D eigenvalue weighted by Crippen LogP contribution is 2.33. The van der Waals surface area contributed by atoms with E-state index in [1.165, 1.54) is 39.6 Å². The van der Waals surface area contributed by atoms with Gasteiger partial charge >= 0.3 is 0 Å². The summed E-state index contributed by atoms with van der Waals surface area (Å²) < 4.78 is 17.5. The van der Waals surface area contributed by atoms with Crippen molar-refractivity contribution in [2.45, 2.75) is 13.5 Å². The van der Waals surface area contributed by atoms with E-state index in [1.807, 2.05) is 22.9 Å². The second-order valence-corrected chi connectivity index (χ2v) is 8.85. The van der Waals surface area contributed by atoms with Crippen molar-refractivity contribution < 1.29 is 9.18 Å². The highest BCUT2D eigenvalue weighted by Gasteiger charge is 2.16. The Morgan fingerprint density at radius 1 is 1.22 bits per heavy atom. The molecule has 0 saturated carbocycles. The summed E-state index contributed by atoms with van der Waals surface area (Å²) in [7, 11) is 0. The van der Waals surface area contributed by atoms with Crippen LogP contribution in [0.15, 0.2) is 64.6 Å². The van der Waals surface area contributed by atoms with E-state index in [2.05, 4.69) is 15.3 Å². The topological polar surface area (TPSA) is 81.8 Å². The molecule has 7 nitrogen and oxygen atoms in total. The predicted molar refractivity (Wildman–Crippen MR) is 124 cm³/mol. The number of aryl methyl sites for hydroxylation is 1. The predicted octanol–water partition coefficient (Wildman–Crippen LogP) is 4.46. The van der Waals surface area contributed by atoms with Gasteiger partial charge in [-0.05, 0) is 36.6 Å². The minimum absolute atomic E-state index is 0.231. The maximum absolute atomic E-state index is 14.6. The molecule has 4 heterocycles. The molecule has 0 bridgehead atoms. The number of amides is 1. The second kappa shape index (κ2) is 8.13. The van der Waals surface area contributed by atoms with Crippen LogP contribution < -0.4 is 10.9 Å². The molecule has 0 aliphatic heterocycles. The lowest BCUT2D eigenvalue weighted by Gasteiger charge is -2.10. The van der Waals surface area contributed by atoms with Gasteiger partial charge in [-0.25, -0.2) is 14.4 Å². The third kappa shape index (κ3) is 3.63. The van der Waals surface area contributed by atoms with Gasteiger partial charge in [0.1, 0.15) is 23.0 Å². The average Bonchev–Trinajstić information content (AvgIpc) is 3.51. The Hall–Kier alpha value is -3.63. The Labute approximate surface area is 189 Å². The number of hydrogen-bond acceptors (Lipinski definition) is 6. The van der Waals surface area contributed by atoms with Crippen LogP contribution in [0, 0.1) is 12.7 Å². The van der Waals surface area contributed by atoms with Crippen LogP contribution in [-0.4, -0.2) is 25.0 Å². The lowest BCUT2D eigenvalue weighted by molar-refractivity contribution is -0.116. The lowest BCUT2D eigenvalue weighted by Crippen LogP contribution is -2.27. The molecule has 160 valence electrons. The summed E-state index contributed by atoms with van der Waals surface area (Å²) >= 11 is 2.93. The van der Waals surface area contributed by atoms with Crippen molar-refractivity contribution in [1.29, 1.82) is 0 Å². The molecule has 0 aliphatic rings. The van der Waals surface area contributed by atoms with Crippen LogP contribution >= 0.6 is 22.7 Å². The van der Waals surface area contributed by atoms with Crippen LogP contribution in [0.25, 0.3) is 26.3 Å². The molecule has 0 unspecified atom stereocenters. The summed E-state index contributed by atoms with van der Waals surface area (Å²) in [5.41, 5.74) is 1.17. The molecular formula is C22H16FN5O2S2. The Morgan fingerprint density at radius 2 is 2.09 bits per heavy atom. The largest absolute Gasteiger partial charge is 0.324 e. The number of fused-ring (bicyclic) bond motifs is 1. The molecular weight excluding hydrogens is 449 g/mol. The third-order valence-electron chi connectivity index (χ3n) is 4.98. The van der Waals surface area contributed by atoms with E-state index < -0.39 is 11.7 Å². The van der Waals surface area contributed by atoms with Crippen molar-refractivity contribution in [3.8, 4) is 16.1 Å². The average molecular weight is 466 g/mol. The van der Waals surface area contributed by atoms with Gasteiger partial charge in [0, 0.05) is 33.9 Å². The molecule has 5 rings (SSSR count). The van der Waals surface area contributed by atoms with E-state index in [4.69, 9.17) is 0 Å². The number of imidazole rings is 1. The molecule has 0 radical (unpaired) electrons. The number of halogens is 1. The molecule has 32 heavy (non-hydrogen) atoms. The Kier molecular flexibility index (Phi) is 5.16. The van der Waals surface area contributed by atoms with E-state index in [-0.39, 0.29) is 12.1 Å². The minimum Gasteiger partial charge on any atom is -0.324 e. The second-order valence-electron chi connectivity index (χ2n) is 7.04. The van der Waals surface area contributed by atoms with Gasteiger partial charge in [-0.15, -0.1) is 22.7 Å². The Bertz CT molecular complexity index is 1500. The Balaban J connectivity index is 1.38. The van der Waals surface area contributed by atoms with Crippen molar-refractivity contribution in [1.82, 2.24) is 19.1 Å². The fourth-order valence-corrected chi connectivity index (χ4v) is 5.18. The van der Waals surface area contributed by atoms with Crippen molar-refractivity contribution in [3.63, 3.8) is 0 Å². The number of rotatable bonds is 5. The molecule has 1 amide bonds. The number of benzene rings is 1. The summed E-state index contributed by atoms with van der Waals surface area (Å²) in [5, 5.41) is 6.99. The van der Waals surface area contributed by atoms with Crippen LogP contribution in [-0.2, 0) is 11.3 Å². The number of thiophene rings is 2. The molecule has 5 aromatic rings. The van der Waals surface area contributed by atoms with Gasteiger partial charge in [-0.1, -0.05) is 6.07 Å². The van der Waals surface area contributed by atoms with Gasteiger partial charge in [-0.2, -0.15) is 0 Å². The Morgan fingerprint density at radius 3 is 2.81 bits per heavy atom. The van der Waals surface area contributed by atoms with Crippen LogP contribution in [0.1, 0.15) is 5.82 Å². The van der Waals surface area contributed by atoms with Crippen molar-refractivity contribution in [2.24, 2.45) is 0 Å². The first-order chi connectivity index (χ1) is 15.5. The first kappa shape index (κ1) is 20.3. The SMILES string of the molecule is Cc1nccn1-c1ccc(NC(=O)Cn2cnc3scc(-c4cccs4)c3c2=O)cc1F. The molecule has 0 saturated heterocycles. The normalized spacial score (nSPS) is 11.2. The fourth-order valence-electron chi connectivity index (χ4n) is 3.46. The van der Waals surface area contributed by atoms with Gasteiger partial charge < -0.3 is 9.88 Å². The number of carbonyl (C=O) groups excluding carboxylic acids is 1. The van der Waals surface area contributed by atoms with E-state index in [0.29, 0.717) is 27.4 Å². The molecule has 1 N–H and O–H groups in total. The van der Waals surface area contributed by atoms with E-state index in [9.17, 15) is 14.0 Å². The van der Waals surface area contributed by atoms with Crippen LogP contribution in [0.5, 0.6) is 0 Å². The molecule has 0 spiro atoms. The molecule has 0 fully saturated rings. The monoisotopic (exact) mass is 465 g/mol. The van der Waals surface area contributed by atoms with Crippen molar-refractivity contribution in [2.75, 3.05) is 5.32 Å². The third-order valence-corrected chi connectivity index (χ3v) is 6.77. The minimum atomic E-state index is -0.497. The highest BCUT2D eigenvalue weighted by molar-refractivity contribution is 7.18. The smallest absolute Gasteiger partial charge is 0.263 e. The maximum Gasteiger partial charge on any atom is 0.263 e. The molecule has 0 aliphatic carbocycles. The maximum atomic E-state index is 14.6. The first-order valence-corrected chi connectivity index (χ1v) is 11.4. The number of hydrogen-bond donors (Lipinski definition) is 1. The molecule has 10 heteroatoms. The summed E-state index contributed by atoms with van der Waals surface area (Å²) in [6.07, 6.45) is 4.62. The number of nitrogens with one attached hydrogen (secondary N) is 1. The van der Waals surface area contributed by atoms with E-state index >= 15 is 0 Å². The fraction of sp³-hybridized carbons (Fsp3) is 0.0909. The van der Waals surface area contributed by atoms with Crippen LogP contribution in [0.3, 0.4) is 0 Å². The molecule has 4 aromatic heterocycles. The first-order valence-electron chi connectivity index (χ1n) is 9.61. The zero-order valence-electron chi connectivity index (χ0n) is 16.8. The lowest BCUT2D eigenvalue weighted by atomic mass is 10.2. The zero-order chi connectivity index (χ0) is 22.2. The van der Waals surface area contributed by atoms with E-state index in [0.717, 1.165) is 10.4 Å². The van der Waals surface area contributed by atoms with Crippen LogP contribution in [0.4, 0.5) is 10.1 Å². The zero-order valence-corrected chi connectivity index (χ0v) is 18.4. The summed E-state index contributed by atoms with van der Waals surface area (Å²) in [6.45, 7) is 1.54. The summed E-state index contributed by atoms with van der Waals surface area (Å²) in [5.74, 6) is -0.298. The molecule has 1 aromatic carbocycles. The number of anilines is 1. The standard InChI is InChI=1S/C22H16FN5O2S2/c1-13-24-6-7-28(13)17-5-4-14(9-16(17)23)26-19(29)10-27-12-25-21-20(22(27)30)15(11-32-21)18-3-2-8-31-18/h2-9,11-12H,10H2,1H3,(H,26,29). The van der Waals surface area contributed by atoms with Crippen molar-refractivity contribution >= 4 is 44.5 Å². The highest BCUT2D eigenvalue weighted by atomic mass is 32.1. The molecule has 0 atom stereocenters. The number of carbonyl (C=O) groups is 1. The van der Waals surface area contributed by atoms with Gasteiger partial charge in [-0.3, -0.25) is 14.2 Å². The van der Waals surface area contributed by atoms with Gasteiger partial charge in [0.05, 0.1) is 17.4 Å². The van der Waals surface area contributed by atoms with Crippen molar-refractivity contribution in [3.05, 3.63) is 81.8 Å². The summed E-state index contributed by atoms with van der Waals surface area (Å²) in [6, 6.07) is 8.28. The number of nitrogens with zero attached hydrogens (tertiary/aromatic N) is 4. The number of aromatic nitrogens is 4. The quantitative estimate of drug-likeness (QED) is 0.416. The summed E-state index contributed by atoms with van der Waals surface area (Å²) in [4.78, 5) is 35.6. The van der Waals surface area contributed by atoms with Gasteiger partial charge in [0.2, 0.25) is 5.91 Å². The van der Waals surface area contributed by atoms with Gasteiger partial charge in [0.25, 0.3) is 5.56 Å². The van der Waals surface area contributed by atoms with Crippen LogP contribution in [0.2, 0.25) is 0 Å². The van der Waals surface area contributed by atoms with E-state index in [1.54, 1.807) is 36.0 Å². The van der Waals surface area contributed by atoms with Gasteiger partial charge in [0.15, 0.2) is 0 Å².